The highest BCUT2D eigenvalue weighted by molar-refractivity contribution is 7.80. The summed E-state index contributed by atoms with van der Waals surface area (Å²) in [5, 5.41) is 0. The van der Waals surface area contributed by atoms with E-state index < -0.39 is 10.4 Å². The van der Waals surface area contributed by atoms with Gasteiger partial charge in [0.25, 0.3) is 0 Å². The average molecular weight is 462 g/mol. The van der Waals surface area contributed by atoms with Crippen molar-refractivity contribution in [3.63, 3.8) is 0 Å². The maximum absolute atomic E-state index is 12.4. The first-order valence-electron chi connectivity index (χ1n) is 11.9. The zero-order valence-corrected chi connectivity index (χ0v) is 20.9. The van der Waals surface area contributed by atoms with Crippen LogP contribution in [0, 0.1) is 5.82 Å². The number of halogens is 1. The largest absolute Gasteiger partial charge is 0.726 e. The molecule has 0 fully saturated rings. The Morgan fingerprint density at radius 3 is 1.52 bits per heavy atom. The van der Waals surface area contributed by atoms with Gasteiger partial charge < -0.3 is 9.04 Å². The van der Waals surface area contributed by atoms with Crippen molar-refractivity contribution in [2.75, 3.05) is 32.8 Å². The summed E-state index contributed by atoms with van der Waals surface area (Å²) in [4.78, 5) is 0. The van der Waals surface area contributed by atoms with E-state index in [1.165, 1.54) is 106 Å². The van der Waals surface area contributed by atoms with Crippen LogP contribution < -0.4 is 0 Å². The number of benzene rings is 1. The van der Waals surface area contributed by atoms with Crippen molar-refractivity contribution in [2.24, 2.45) is 0 Å². The summed E-state index contributed by atoms with van der Waals surface area (Å²) in [6, 6.07) is 5.49. The molecule has 0 bridgehead atoms. The molecule has 5 nitrogen and oxygen atoms in total. The molecule has 7 heteroatoms. The van der Waals surface area contributed by atoms with Crippen LogP contribution in [0.2, 0.25) is 0 Å². The lowest BCUT2D eigenvalue weighted by Gasteiger charge is -2.39. The number of unbranched alkanes of at least 4 members (excludes halogenated alkanes) is 4. The monoisotopic (exact) mass is 461 g/mol. The summed E-state index contributed by atoms with van der Waals surface area (Å²) in [7, 11) is -4.63. The highest BCUT2D eigenvalue weighted by Crippen LogP contribution is 2.16. The quantitative estimate of drug-likeness (QED) is 0.176. The fourth-order valence-electron chi connectivity index (χ4n) is 3.56. The molecule has 0 aliphatic rings. The molecule has 0 spiro atoms. The van der Waals surface area contributed by atoms with Crippen LogP contribution >= 0.6 is 0 Å². The topological polar surface area (TPSA) is 66.4 Å². The van der Waals surface area contributed by atoms with E-state index >= 15 is 0 Å². The number of hydrogen-bond donors (Lipinski definition) is 0. The Morgan fingerprint density at radius 2 is 1.19 bits per heavy atom. The third-order valence-corrected chi connectivity index (χ3v) is 5.93. The van der Waals surface area contributed by atoms with Crippen molar-refractivity contribution in [3.05, 3.63) is 35.6 Å². The van der Waals surface area contributed by atoms with Crippen LogP contribution in [0.4, 0.5) is 4.39 Å². The van der Waals surface area contributed by atoms with Crippen LogP contribution in [-0.4, -0.2) is 50.2 Å². The fraction of sp³-hybridized carbons (Fsp3) is 0.750. The van der Waals surface area contributed by atoms with Crippen LogP contribution in [0.25, 0.3) is 0 Å². The highest BCUT2D eigenvalue weighted by atomic mass is 32.3. The van der Waals surface area contributed by atoms with Gasteiger partial charge in [-0.05, 0) is 49.8 Å². The van der Waals surface area contributed by atoms with Gasteiger partial charge in [-0.25, -0.2) is 12.8 Å². The minimum atomic E-state index is -4.63. The fourth-order valence-corrected chi connectivity index (χ4v) is 3.85. The average Bonchev–Trinajstić information content (AvgIpc) is 2.74. The summed E-state index contributed by atoms with van der Waals surface area (Å²) >= 11 is 0. The maximum Gasteiger partial charge on any atom is 0.217 e. The Kier molecular flexibility index (Phi) is 16.9. The van der Waals surface area contributed by atoms with Crippen LogP contribution in [0.15, 0.2) is 24.3 Å². The Balaban J connectivity index is 0.000000590. The van der Waals surface area contributed by atoms with Crippen LogP contribution in [-0.2, 0) is 21.0 Å². The second-order valence-corrected chi connectivity index (χ2v) is 9.31. The van der Waals surface area contributed by atoms with Gasteiger partial charge in [-0.3, -0.25) is 4.18 Å². The number of nitrogens with zero attached hydrogens (tertiary/aromatic N) is 1. The molecule has 0 aliphatic carbocycles. The molecule has 0 aliphatic heterocycles. The molecule has 1 rings (SSSR count). The zero-order valence-electron chi connectivity index (χ0n) is 20.1. The third kappa shape index (κ3) is 16.3. The second-order valence-electron chi connectivity index (χ2n) is 8.26. The molecule has 1 aromatic carbocycles. The maximum atomic E-state index is 12.4. The number of rotatable bonds is 16. The number of hydrogen-bond acceptors (Lipinski definition) is 4. The van der Waals surface area contributed by atoms with E-state index in [-0.39, 0.29) is 18.8 Å². The minimum absolute atomic E-state index is 0.225. The van der Waals surface area contributed by atoms with E-state index in [2.05, 4.69) is 31.9 Å². The Hall–Kier alpha value is -1.02. The molecule has 0 saturated heterocycles. The van der Waals surface area contributed by atoms with Crippen LogP contribution in [0.3, 0.4) is 0 Å². The van der Waals surface area contributed by atoms with Crippen molar-refractivity contribution in [1.29, 1.82) is 0 Å². The van der Waals surface area contributed by atoms with E-state index in [4.69, 9.17) is 0 Å². The summed E-state index contributed by atoms with van der Waals surface area (Å²) in [5.74, 6) is -0.369. The van der Waals surface area contributed by atoms with Gasteiger partial charge in [-0.2, -0.15) is 0 Å². The molecule has 0 aromatic heterocycles. The van der Waals surface area contributed by atoms with Gasteiger partial charge in [-0.1, -0.05) is 65.5 Å². The molecule has 1 aromatic rings. The lowest BCUT2D eigenvalue weighted by atomic mass is 10.1. The number of quaternary nitrogens is 1. The van der Waals surface area contributed by atoms with Crippen LogP contribution in [0.1, 0.15) is 84.6 Å². The molecule has 0 radical (unpaired) electrons. The Bertz CT molecular complexity index is 613. The van der Waals surface area contributed by atoms with E-state index in [9.17, 15) is 17.4 Å². The van der Waals surface area contributed by atoms with Crippen molar-refractivity contribution < 1.29 is 26.0 Å². The van der Waals surface area contributed by atoms with Gasteiger partial charge in [0.05, 0.1) is 32.8 Å². The van der Waals surface area contributed by atoms with Gasteiger partial charge in [0.1, 0.15) is 5.82 Å². The normalized spacial score (nSPS) is 11.8. The summed E-state index contributed by atoms with van der Waals surface area (Å²) < 4.78 is 47.9. The predicted octanol–water partition coefficient (Wildman–Crippen LogP) is 5.85. The standard InChI is InChI=1S/C16H36N.C8H9FO4S/c1-5-9-13-17(14-10-6-2,15-11-7-3)16-12-8-4;9-8-3-1-7(2-4-8)5-6-13-14(10,11)12/h5-16H2,1-4H3;1-4H,5-6H2,(H,10,11,12)/q+1;/p-1. The van der Waals surface area contributed by atoms with Gasteiger partial charge in [0.15, 0.2) is 0 Å². The second kappa shape index (κ2) is 17.5. The van der Waals surface area contributed by atoms with Crippen LogP contribution in [0.5, 0.6) is 0 Å². The van der Waals surface area contributed by atoms with E-state index in [1.54, 1.807) is 0 Å². The lowest BCUT2D eigenvalue weighted by Crippen LogP contribution is -2.50. The molecule has 0 N–H and O–H groups in total. The predicted molar refractivity (Wildman–Crippen MR) is 125 cm³/mol. The van der Waals surface area contributed by atoms with Gasteiger partial charge in [-0.15, -0.1) is 0 Å². The minimum Gasteiger partial charge on any atom is -0.726 e. The molecule has 0 amide bonds. The summed E-state index contributed by atoms with van der Waals surface area (Å²) in [6.07, 6.45) is 11.3. The molecular formula is C24H44FNO4S. The Morgan fingerprint density at radius 1 is 0.806 bits per heavy atom. The molecule has 0 saturated carbocycles. The molecule has 0 unspecified atom stereocenters. The highest BCUT2D eigenvalue weighted by Gasteiger charge is 2.24. The zero-order chi connectivity index (χ0) is 23.6. The summed E-state index contributed by atoms with van der Waals surface area (Å²) in [5.41, 5.74) is 0.704. The van der Waals surface area contributed by atoms with Gasteiger partial charge in [0, 0.05) is 0 Å². The van der Waals surface area contributed by atoms with Crippen molar-refractivity contribution in [2.45, 2.75) is 85.5 Å². The SMILES string of the molecule is CCCC[N+](CCCC)(CCCC)CCCC.O=S(=O)([O-])OCCc1ccc(F)cc1. The molecule has 182 valence electrons. The van der Waals surface area contributed by atoms with Gasteiger partial charge >= 0.3 is 0 Å². The van der Waals surface area contributed by atoms with E-state index in [1.807, 2.05) is 0 Å². The first-order chi connectivity index (χ1) is 14.7. The smallest absolute Gasteiger partial charge is 0.217 e. The first kappa shape index (κ1) is 30.0. The first-order valence-corrected chi connectivity index (χ1v) is 13.2. The molecular weight excluding hydrogens is 417 g/mol. The van der Waals surface area contributed by atoms with Crippen molar-refractivity contribution in [1.82, 2.24) is 0 Å². The van der Waals surface area contributed by atoms with E-state index in [0.717, 1.165) is 0 Å². The van der Waals surface area contributed by atoms with Crippen molar-refractivity contribution >= 4 is 10.4 Å². The molecule has 0 atom stereocenters. The Labute approximate surface area is 190 Å². The summed E-state index contributed by atoms with van der Waals surface area (Å²) in [6.45, 7) is 14.8. The van der Waals surface area contributed by atoms with Crippen molar-refractivity contribution in [3.8, 4) is 0 Å². The third-order valence-electron chi connectivity index (χ3n) is 5.48. The molecule has 31 heavy (non-hydrogen) atoms. The molecule has 0 heterocycles. The lowest BCUT2D eigenvalue weighted by molar-refractivity contribution is -0.929. The van der Waals surface area contributed by atoms with E-state index in [0.29, 0.717) is 5.56 Å². The van der Waals surface area contributed by atoms with Gasteiger partial charge in [0.2, 0.25) is 10.4 Å².